The monoisotopic (exact) mass is 274 g/mol. The summed E-state index contributed by atoms with van der Waals surface area (Å²) < 4.78 is 19.2. The van der Waals surface area contributed by atoms with Gasteiger partial charge in [0.2, 0.25) is 0 Å². The number of ketones is 1. The van der Waals surface area contributed by atoms with E-state index in [4.69, 9.17) is 9.84 Å². The van der Waals surface area contributed by atoms with Gasteiger partial charge in [-0.15, -0.1) is 0 Å². The van der Waals surface area contributed by atoms with Gasteiger partial charge in [-0.2, -0.15) is 0 Å². The maximum Gasteiger partial charge on any atom is 0.163 e. The summed E-state index contributed by atoms with van der Waals surface area (Å²) in [5, 5.41) is 8.97. The van der Waals surface area contributed by atoms with Gasteiger partial charge >= 0.3 is 0 Å². The van der Waals surface area contributed by atoms with Crippen LogP contribution in [0.4, 0.5) is 4.39 Å². The standard InChI is InChI=1S/C16H15FO3/c1-10-7-16(14(11(2)19)8-15(10)17)20-13-5-3-12(9-18)4-6-13/h3-8,18H,9H2,1-2H3. The van der Waals surface area contributed by atoms with Gasteiger partial charge in [0, 0.05) is 0 Å². The van der Waals surface area contributed by atoms with Gasteiger partial charge in [-0.05, 0) is 49.2 Å². The SMILES string of the molecule is CC(=O)c1cc(F)c(C)cc1Oc1ccc(CO)cc1. The van der Waals surface area contributed by atoms with Crippen LogP contribution in [0.1, 0.15) is 28.4 Å². The molecule has 0 saturated carbocycles. The first-order valence-electron chi connectivity index (χ1n) is 6.20. The van der Waals surface area contributed by atoms with Crippen LogP contribution in [-0.2, 0) is 6.61 Å². The number of aliphatic hydroxyl groups excluding tert-OH is 1. The van der Waals surface area contributed by atoms with Gasteiger partial charge in [0.05, 0.1) is 12.2 Å². The van der Waals surface area contributed by atoms with Crippen molar-refractivity contribution in [2.75, 3.05) is 0 Å². The summed E-state index contributed by atoms with van der Waals surface area (Å²) in [6, 6.07) is 9.52. The van der Waals surface area contributed by atoms with Crippen LogP contribution in [0.3, 0.4) is 0 Å². The Labute approximate surface area is 116 Å². The Kier molecular flexibility index (Phi) is 4.15. The molecule has 0 saturated heterocycles. The van der Waals surface area contributed by atoms with Crippen molar-refractivity contribution < 1.29 is 19.0 Å². The lowest BCUT2D eigenvalue weighted by molar-refractivity contribution is 0.101. The topological polar surface area (TPSA) is 46.5 Å². The largest absolute Gasteiger partial charge is 0.457 e. The van der Waals surface area contributed by atoms with Gasteiger partial charge in [-0.25, -0.2) is 4.39 Å². The van der Waals surface area contributed by atoms with E-state index in [0.29, 0.717) is 17.1 Å². The Hall–Kier alpha value is -2.20. The van der Waals surface area contributed by atoms with Crippen molar-refractivity contribution in [2.24, 2.45) is 0 Å². The molecule has 0 heterocycles. The minimum absolute atomic E-state index is 0.0470. The van der Waals surface area contributed by atoms with E-state index in [1.165, 1.54) is 19.1 Å². The molecule has 20 heavy (non-hydrogen) atoms. The van der Waals surface area contributed by atoms with Crippen molar-refractivity contribution in [1.82, 2.24) is 0 Å². The molecule has 0 fully saturated rings. The number of hydrogen-bond acceptors (Lipinski definition) is 3. The molecule has 1 N–H and O–H groups in total. The van der Waals surface area contributed by atoms with E-state index in [1.54, 1.807) is 31.2 Å². The fourth-order valence-electron chi connectivity index (χ4n) is 1.80. The first kappa shape index (κ1) is 14.2. The highest BCUT2D eigenvalue weighted by molar-refractivity contribution is 5.97. The maximum atomic E-state index is 13.5. The quantitative estimate of drug-likeness (QED) is 0.866. The van der Waals surface area contributed by atoms with Gasteiger partial charge in [0.25, 0.3) is 0 Å². The normalized spacial score (nSPS) is 10.4. The number of Topliss-reactive ketones (excluding diaryl/α,β-unsaturated/α-hetero) is 1. The zero-order valence-corrected chi connectivity index (χ0v) is 11.3. The van der Waals surface area contributed by atoms with Crippen molar-refractivity contribution in [1.29, 1.82) is 0 Å². The molecule has 0 aliphatic rings. The molecule has 0 aliphatic carbocycles. The van der Waals surface area contributed by atoms with Gasteiger partial charge < -0.3 is 9.84 Å². The summed E-state index contributed by atoms with van der Waals surface area (Å²) in [7, 11) is 0. The molecule has 0 aromatic heterocycles. The number of halogens is 1. The number of carbonyl (C=O) groups excluding carboxylic acids is 1. The first-order valence-corrected chi connectivity index (χ1v) is 6.20. The number of ether oxygens (including phenoxy) is 1. The molecule has 0 unspecified atom stereocenters. The number of carbonyl (C=O) groups is 1. The lowest BCUT2D eigenvalue weighted by atomic mass is 10.1. The molecule has 0 radical (unpaired) electrons. The minimum atomic E-state index is -0.432. The Balaban J connectivity index is 2.36. The van der Waals surface area contributed by atoms with Crippen LogP contribution < -0.4 is 4.74 Å². The zero-order chi connectivity index (χ0) is 14.7. The molecule has 3 nitrogen and oxygen atoms in total. The summed E-state index contributed by atoms with van der Waals surface area (Å²) in [6.07, 6.45) is 0. The molecule has 0 bridgehead atoms. The maximum absolute atomic E-state index is 13.5. The highest BCUT2D eigenvalue weighted by Gasteiger charge is 2.13. The van der Waals surface area contributed by atoms with Crippen molar-refractivity contribution in [3.63, 3.8) is 0 Å². The Morgan fingerprint density at radius 2 is 1.90 bits per heavy atom. The second-order valence-corrected chi connectivity index (χ2v) is 4.56. The number of hydrogen-bond donors (Lipinski definition) is 1. The summed E-state index contributed by atoms with van der Waals surface area (Å²) >= 11 is 0. The lowest BCUT2D eigenvalue weighted by Gasteiger charge is -2.11. The molecular weight excluding hydrogens is 259 g/mol. The van der Waals surface area contributed by atoms with Crippen LogP contribution in [0.5, 0.6) is 11.5 Å². The van der Waals surface area contributed by atoms with E-state index in [9.17, 15) is 9.18 Å². The van der Waals surface area contributed by atoms with Crippen molar-refractivity contribution in [3.8, 4) is 11.5 Å². The van der Waals surface area contributed by atoms with E-state index in [0.717, 1.165) is 5.56 Å². The predicted octanol–water partition coefficient (Wildman–Crippen LogP) is 3.62. The number of benzene rings is 2. The average Bonchev–Trinajstić information content (AvgIpc) is 2.43. The molecule has 2 aromatic carbocycles. The molecule has 0 atom stereocenters. The predicted molar refractivity (Wildman–Crippen MR) is 73.6 cm³/mol. The summed E-state index contributed by atoms with van der Waals surface area (Å²) in [6.45, 7) is 2.93. The molecule has 4 heteroatoms. The first-order chi connectivity index (χ1) is 9.51. The molecule has 2 aromatic rings. The smallest absolute Gasteiger partial charge is 0.163 e. The van der Waals surface area contributed by atoms with Crippen LogP contribution in [0.2, 0.25) is 0 Å². The van der Waals surface area contributed by atoms with Gasteiger partial charge in [-0.1, -0.05) is 12.1 Å². The summed E-state index contributed by atoms with van der Waals surface area (Å²) in [5.74, 6) is 0.160. The summed E-state index contributed by atoms with van der Waals surface area (Å²) in [4.78, 5) is 11.5. The fraction of sp³-hybridized carbons (Fsp3) is 0.188. The number of aliphatic hydroxyl groups is 1. The average molecular weight is 274 g/mol. The van der Waals surface area contributed by atoms with E-state index in [-0.39, 0.29) is 18.0 Å². The Bertz CT molecular complexity index is 633. The molecule has 0 spiro atoms. The Morgan fingerprint density at radius 3 is 2.45 bits per heavy atom. The van der Waals surface area contributed by atoms with Crippen LogP contribution >= 0.6 is 0 Å². The van der Waals surface area contributed by atoms with Gasteiger partial charge in [0.15, 0.2) is 5.78 Å². The third-order valence-corrected chi connectivity index (χ3v) is 2.97. The van der Waals surface area contributed by atoms with Gasteiger partial charge in [-0.3, -0.25) is 4.79 Å². The second-order valence-electron chi connectivity index (χ2n) is 4.56. The highest BCUT2D eigenvalue weighted by Crippen LogP contribution is 2.28. The van der Waals surface area contributed by atoms with Crippen molar-refractivity contribution in [2.45, 2.75) is 20.5 Å². The molecular formula is C16H15FO3. The molecule has 0 aliphatic heterocycles. The zero-order valence-electron chi connectivity index (χ0n) is 11.3. The van der Waals surface area contributed by atoms with E-state index >= 15 is 0 Å². The second kappa shape index (κ2) is 5.84. The third kappa shape index (κ3) is 3.03. The summed E-state index contributed by atoms with van der Waals surface area (Å²) in [5.41, 5.74) is 1.38. The highest BCUT2D eigenvalue weighted by atomic mass is 19.1. The van der Waals surface area contributed by atoms with Crippen molar-refractivity contribution in [3.05, 3.63) is 58.9 Å². The fourth-order valence-corrected chi connectivity index (χ4v) is 1.80. The van der Waals surface area contributed by atoms with Crippen LogP contribution in [0, 0.1) is 12.7 Å². The Morgan fingerprint density at radius 1 is 1.25 bits per heavy atom. The van der Waals surface area contributed by atoms with Crippen molar-refractivity contribution >= 4 is 5.78 Å². The van der Waals surface area contributed by atoms with Crippen LogP contribution in [0.25, 0.3) is 0 Å². The number of rotatable bonds is 4. The molecule has 0 amide bonds. The van der Waals surface area contributed by atoms with Crippen LogP contribution in [0.15, 0.2) is 36.4 Å². The minimum Gasteiger partial charge on any atom is -0.457 e. The number of aryl methyl sites for hydroxylation is 1. The van der Waals surface area contributed by atoms with E-state index in [2.05, 4.69) is 0 Å². The third-order valence-electron chi connectivity index (χ3n) is 2.97. The van der Waals surface area contributed by atoms with Gasteiger partial charge in [0.1, 0.15) is 17.3 Å². The van der Waals surface area contributed by atoms with E-state index < -0.39 is 5.82 Å². The molecule has 2 rings (SSSR count). The lowest BCUT2D eigenvalue weighted by Crippen LogP contribution is -2.00. The molecule has 104 valence electrons. The van der Waals surface area contributed by atoms with Crippen LogP contribution in [-0.4, -0.2) is 10.9 Å². The van der Waals surface area contributed by atoms with E-state index in [1.807, 2.05) is 0 Å².